The van der Waals surface area contributed by atoms with E-state index in [4.69, 9.17) is 4.74 Å². The lowest BCUT2D eigenvalue weighted by Gasteiger charge is -2.30. The standard InChI is InChI=1S/C17H26N2O/c1-18-11-13-9-10-19(15-7-8-15)17(13)16-6-4-3-5-14(16)12-20-2/h3-6,13,15,17-18H,7-12H2,1-2H3. The van der Waals surface area contributed by atoms with Gasteiger partial charge in [-0.3, -0.25) is 4.90 Å². The number of nitrogens with zero attached hydrogens (tertiary/aromatic N) is 1. The molecule has 1 heterocycles. The fraction of sp³-hybridized carbons (Fsp3) is 0.647. The number of rotatable bonds is 6. The Balaban J connectivity index is 1.90. The fourth-order valence-corrected chi connectivity index (χ4v) is 3.72. The van der Waals surface area contributed by atoms with Crippen molar-refractivity contribution in [1.29, 1.82) is 0 Å². The van der Waals surface area contributed by atoms with E-state index >= 15 is 0 Å². The van der Waals surface area contributed by atoms with Crippen LogP contribution >= 0.6 is 0 Å². The monoisotopic (exact) mass is 274 g/mol. The lowest BCUT2D eigenvalue weighted by atomic mass is 9.90. The maximum absolute atomic E-state index is 5.40. The van der Waals surface area contributed by atoms with Crippen LogP contribution in [0, 0.1) is 5.92 Å². The lowest BCUT2D eigenvalue weighted by molar-refractivity contribution is 0.176. The summed E-state index contributed by atoms with van der Waals surface area (Å²) in [5.74, 6) is 0.721. The van der Waals surface area contributed by atoms with Gasteiger partial charge in [-0.25, -0.2) is 0 Å². The Morgan fingerprint density at radius 3 is 2.75 bits per heavy atom. The van der Waals surface area contributed by atoms with Gasteiger partial charge in [0.05, 0.1) is 6.61 Å². The van der Waals surface area contributed by atoms with Crippen LogP contribution in [-0.4, -0.2) is 38.2 Å². The molecule has 0 bridgehead atoms. The van der Waals surface area contributed by atoms with Gasteiger partial charge in [0.2, 0.25) is 0 Å². The number of likely N-dealkylation sites (tertiary alicyclic amines) is 1. The Morgan fingerprint density at radius 2 is 2.05 bits per heavy atom. The maximum Gasteiger partial charge on any atom is 0.0716 e. The third kappa shape index (κ3) is 2.76. The van der Waals surface area contributed by atoms with Gasteiger partial charge in [-0.05, 0) is 56.4 Å². The fourth-order valence-electron chi connectivity index (χ4n) is 3.72. The molecule has 1 N–H and O–H groups in total. The average Bonchev–Trinajstić information content (AvgIpc) is 3.22. The molecule has 20 heavy (non-hydrogen) atoms. The predicted molar refractivity (Wildman–Crippen MR) is 81.7 cm³/mol. The van der Waals surface area contributed by atoms with Crippen molar-refractivity contribution in [2.24, 2.45) is 5.92 Å². The van der Waals surface area contributed by atoms with Crippen molar-refractivity contribution in [3.8, 4) is 0 Å². The molecule has 2 unspecified atom stereocenters. The van der Waals surface area contributed by atoms with Crippen LogP contribution < -0.4 is 5.32 Å². The summed E-state index contributed by atoms with van der Waals surface area (Å²) in [5, 5.41) is 3.38. The van der Waals surface area contributed by atoms with Gasteiger partial charge < -0.3 is 10.1 Å². The minimum Gasteiger partial charge on any atom is -0.380 e. The molecule has 2 fully saturated rings. The second-order valence-electron chi connectivity index (χ2n) is 6.15. The van der Waals surface area contributed by atoms with Crippen molar-refractivity contribution in [2.45, 2.75) is 38.0 Å². The van der Waals surface area contributed by atoms with Gasteiger partial charge in [-0.15, -0.1) is 0 Å². The topological polar surface area (TPSA) is 24.5 Å². The van der Waals surface area contributed by atoms with Crippen molar-refractivity contribution in [1.82, 2.24) is 10.2 Å². The summed E-state index contributed by atoms with van der Waals surface area (Å²) in [6.07, 6.45) is 4.08. The molecule has 3 nitrogen and oxygen atoms in total. The molecule has 2 atom stereocenters. The summed E-state index contributed by atoms with van der Waals surface area (Å²) in [5.41, 5.74) is 2.84. The molecular formula is C17H26N2O. The van der Waals surface area contributed by atoms with E-state index in [1.165, 1.54) is 36.9 Å². The Labute approximate surface area is 122 Å². The minimum absolute atomic E-state index is 0.571. The molecule has 3 heteroatoms. The highest BCUT2D eigenvalue weighted by Gasteiger charge is 2.42. The summed E-state index contributed by atoms with van der Waals surface area (Å²) < 4.78 is 5.40. The van der Waals surface area contributed by atoms with Crippen molar-refractivity contribution in [2.75, 3.05) is 27.2 Å². The van der Waals surface area contributed by atoms with Crippen molar-refractivity contribution < 1.29 is 4.74 Å². The molecule has 0 radical (unpaired) electrons. The van der Waals surface area contributed by atoms with E-state index in [1.54, 1.807) is 7.11 Å². The van der Waals surface area contributed by atoms with E-state index in [2.05, 4.69) is 41.5 Å². The van der Waals surface area contributed by atoms with Gasteiger partial charge >= 0.3 is 0 Å². The highest BCUT2D eigenvalue weighted by Crippen LogP contribution is 2.44. The third-order valence-electron chi connectivity index (χ3n) is 4.72. The molecule has 1 aromatic carbocycles. The van der Waals surface area contributed by atoms with Crippen LogP contribution in [0.1, 0.15) is 36.4 Å². The van der Waals surface area contributed by atoms with Gasteiger partial charge in [0.25, 0.3) is 0 Å². The average molecular weight is 274 g/mol. The number of hydrogen-bond acceptors (Lipinski definition) is 3. The van der Waals surface area contributed by atoms with Crippen LogP contribution in [0.4, 0.5) is 0 Å². The van der Waals surface area contributed by atoms with Crippen molar-refractivity contribution in [3.05, 3.63) is 35.4 Å². The van der Waals surface area contributed by atoms with Gasteiger partial charge in [-0.2, -0.15) is 0 Å². The van der Waals surface area contributed by atoms with E-state index in [0.717, 1.165) is 25.1 Å². The summed E-state index contributed by atoms with van der Waals surface area (Å²) in [4.78, 5) is 2.75. The van der Waals surface area contributed by atoms with Crippen LogP contribution in [0.5, 0.6) is 0 Å². The van der Waals surface area contributed by atoms with Gasteiger partial charge in [0, 0.05) is 19.2 Å². The molecule has 1 aliphatic carbocycles. The van der Waals surface area contributed by atoms with E-state index in [1.807, 2.05) is 0 Å². The van der Waals surface area contributed by atoms with Crippen LogP contribution in [0.15, 0.2) is 24.3 Å². The second-order valence-corrected chi connectivity index (χ2v) is 6.15. The van der Waals surface area contributed by atoms with E-state index in [-0.39, 0.29) is 0 Å². The van der Waals surface area contributed by atoms with E-state index in [0.29, 0.717) is 6.04 Å². The van der Waals surface area contributed by atoms with Crippen molar-refractivity contribution >= 4 is 0 Å². The van der Waals surface area contributed by atoms with Crippen LogP contribution in [0.3, 0.4) is 0 Å². The van der Waals surface area contributed by atoms with Crippen LogP contribution in [0.25, 0.3) is 0 Å². The quantitative estimate of drug-likeness (QED) is 0.863. The molecule has 0 amide bonds. The Morgan fingerprint density at radius 1 is 1.25 bits per heavy atom. The highest BCUT2D eigenvalue weighted by molar-refractivity contribution is 5.31. The van der Waals surface area contributed by atoms with Gasteiger partial charge in [0.1, 0.15) is 0 Å². The summed E-state index contributed by atoms with van der Waals surface area (Å²) in [6.45, 7) is 3.08. The molecule has 110 valence electrons. The number of hydrogen-bond donors (Lipinski definition) is 1. The number of nitrogens with one attached hydrogen (secondary N) is 1. The molecular weight excluding hydrogens is 248 g/mol. The molecule has 1 saturated heterocycles. The number of methoxy groups -OCH3 is 1. The first-order chi connectivity index (χ1) is 9.85. The van der Waals surface area contributed by atoms with Crippen LogP contribution in [-0.2, 0) is 11.3 Å². The molecule has 1 aromatic rings. The molecule has 1 aliphatic heterocycles. The molecule has 2 aliphatic rings. The Bertz CT molecular complexity index is 444. The summed E-state index contributed by atoms with van der Waals surface area (Å²) in [6, 6.07) is 10.2. The van der Waals surface area contributed by atoms with Gasteiger partial charge in [-0.1, -0.05) is 24.3 Å². The first kappa shape index (κ1) is 14.1. The van der Waals surface area contributed by atoms with E-state index in [9.17, 15) is 0 Å². The van der Waals surface area contributed by atoms with Crippen LogP contribution in [0.2, 0.25) is 0 Å². The molecule has 0 aromatic heterocycles. The SMILES string of the molecule is CNCC1CCN(C2CC2)C1c1ccccc1COC. The second kappa shape index (κ2) is 6.25. The van der Waals surface area contributed by atoms with Gasteiger partial charge in [0.15, 0.2) is 0 Å². The lowest BCUT2D eigenvalue weighted by Crippen LogP contribution is -2.31. The first-order valence-electron chi connectivity index (χ1n) is 7.82. The molecule has 1 saturated carbocycles. The smallest absolute Gasteiger partial charge is 0.0716 e. The summed E-state index contributed by atoms with van der Waals surface area (Å²) in [7, 11) is 3.85. The zero-order valence-electron chi connectivity index (χ0n) is 12.6. The zero-order valence-corrected chi connectivity index (χ0v) is 12.6. The number of benzene rings is 1. The summed E-state index contributed by atoms with van der Waals surface area (Å²) >= 11 is 0. The third-order valence-corrected chi connectivity index (χ3v) is 4.72. The zero-order chi connectivity index (χ0) is 13.9. The first-order valence-corrected chi connectivity index (χ1v) is 7.82. The normalized spacial score (nSPS) is 27.1. The molecule has 0 spiro atoms. The van der Waals surface area contributed by atoms with E-state index < -0.39 is 0 Å². The number of ether oxygens (including phenoxy) is 1. The highest BCUT2D eigenvalue weighted by atomic mass is 16.5. The largest absolute Gasteiger partial charge is 0.380 e. The minimum atomic E-state index is 0.571. The van der Waals surface area contributed by atoms with Crippen molar-refractivity contribution in [3.63, 3.8) is 0 Å². The predicted octanol–water partition coefficient (Wildman–Crippen LogP) is 2.58. The Hall–Kier alpha value is -0.900. The molecule has 3 rings (SSSR count). The maximum atomic E-state index is 5.40. The Kier molecular flexibility index (Phi) is 4.39.